The fraction of sp³-hybridized carbons (Fsp3) is 0.0714. The minimum absolute atomic E-state index is 0.637. The van der Waals surface area contributed by atoms with Crippen LogP contribution in [0.4, 0.5) is 0 Å². The van der Waals surface area contributed by atoms with E-state index >= 15 is 0 Å². The van der Waals surface area contributed by atoms with Gasteiger partial charge in [-0.2, -0.15) is 11.3 Å². The van der Waals surface area contributed by atoms with E-state index in [-0.39, 0.29) is 0 Å². The number of fused-ring (bicyclic) bond motifs is 1. The van der Waals surface area contributed by atoms with Gasteiger partial charge in [0.25, 0.3) is 0 Å². The summed E-state index contributed by atoms with van der Waals surface area (Å²) in [5, 5.41) is 15.4. The number of hydrogen-bond donors (Lipinski definition) is 1. The van der Waals surface area contributed by atoms with Gasteiger partial charge >= 0.3 is 0 Å². The zero-order valence-corrected chi connectivity index (χ0v) is 13.7. The number of pyridine rings is 1. The highest BCUT2D eigenvalue weighted by atomic mass is 79.9. The zero-order chi connectivity index (χ0) is 13.4. The van der Waals surface area contributed by atoms with E-state index in [4.69, 9.17) is 0 Å². The maximum atomic E-state index is 10.5. The maximum absolute atomic E-state index is 10.5. The number of halogens is 2. The molecule has 0 radical (unpaired) electrons. The van der Waals surface area contributed by atoms with E-state index in [1.807, 2.05) is 41.1 Å². The van der Waals surface area contributed by atoms with Gasteiger partial charge in [-0.1, -0.05) is 18.2 Å². The summed E-state index contributed by atoms with van der Waals surface area (Å²) < 4.78 is 1.73. The highest BCUT2D eigenvalue weighted by Crippen LogP contribution is 2.34. The van der Waals surface area contributed by atoms with Crippen molar-refractivity contribution in [2.75, 3.05) is 0 Å². The van der Waals surface area contributed by atoms with Crippen LogP contribution in [0.1, 0.15) is 17.4 Å². The number of aromatic nitrogens is 1. The largest absolute Gasteiger partial charge is 0.382 e. The predicted octanol–water partition coefficient (Wildman–Crippen LogP) is 4.90. The van der Waals surface area contributed by atoms with E-state index < -0.39 is 6.10 Å². The Balaban J connectivity index is 2.14. The molecule has 0 amide bonds. The average Bonchev–Trinajstić information content (AvgIpc) is 2.83. The van der Waals surface area contributed by atoms with Crippen molar-refractivity contribution in [2.24, 2.45) is 0 Å². The molecule has 2 aromatic heterocycles. The van der Waals surface area contributed by atoms with Crippen LogP contribution in [0, 0.1) is 0 Å². The van der Waals surface area contributed by atoms with E-state index in [2.05, 4.69) is 36.8 Å². The van der Waals surface area contributed by atoms with Crippen LogP contribution in [0.3, 0.4) is 0 Å². The summed E-state index contributed by atoms with van der Waals surface area (Å²) in [6.45, 7) is 0. The molecule has 3 aromatic rings. The lowest BCUT2D eigenvalue weighted by atomic mass is 10.1. The molecule has 0 spiro atoms. The Labute approximate surface area is 131 Å². The number of benzene rings is 1. The van der Waals surface area contributed by atoms with E-state index in [9.17, 15) is 5.11 Å². The van der Waals surface area contributed by atoms with Gasteiger partial charge in [-0.25, -0.2) is 4.98 Å². The molecule has 0 aliphatic carbocycles. The second kappa shape index (κ2) is 5.32. The Hall–Kier alpha value is -0.750. The lowest BCUT2D eigenvalue weighted by Crippen LogP contribution is -2.03. The normalized spacial score (nSPS) is 12.8. The molecule has 5 heteroatoms. The molecule has 1 aromatic carbocycles. The molecule has 1 atom stereocenters. The Morgan fingerprint density at radius 2 is 1.89 bits per heavy atom. The van der Waals surface area contributed by atoms with E-state index in [1.165, 1.54) is 0 Å². The molecule has 0 bridgehead atoms. The topological polar surface area (TPSA) is 33.1 Å². The van der Waals surface area contributed by atoms with Gasteiger partial charge in [0.2, 0.25) is 0 Å². The summed E-state index contributed by atoms with van der Waals surface area (Å²) >= 11 is 8.49. The van der Waals surface area contributed by atoms with Gasteiger partial charge in [-0.3, -0.25) is 0 Å². The van der Waals surface area contributed by atoms with Crippen molar-refractivity contribution < 1.29 is 5.11 Å². The van der Waals surface area contributed by atoms with Crippen molar-refractivity contribution in [2.45, 2.75) is 6.10 Å². The molecule has 0 fully saturated rings. The van der Waals surface area contributed by atoms with Gasteiger partial charge in [0.1, 0.15) is 6.10 Å². The molecule has 1 unspecified atom stereocenters. The third-order valence-corrected chi connectivity index (χ3v) is 5.29. The molecule has 1 N–H and O–H groups in total. The number of rotatable bonds is 2. The van der Waals surface area contributed by atoms with Crippen LogP contribution >= 0.6 is 43.2 Å². The van der Waals surface area contributed by atoms with Crippen molar-refractivity contribution >= 4 is 54.1 Å². The number of aliphatic hydroxyl groups excluding tert-OH is 1. The standard InChI is InChI=1S/C14H9Br2NOS/c15-10-5-8-3-1-2-4-12(8)17-13(10)14(18)9-6-19-7-11(9)16/h1-7,14,18H. The Morgan fingerprint density at radius 3 is 2.63 bits per heavy atom. The number of hydrogen-bond acceptors (Lipinski definition) is 3. The molecule has 0 aliphatic rings. The van der Waals surface area contributed by atoms with Gasteiger partial charge < -0.3 is 5.11 Å². The highest BCUT2D eigenvalue weighted by molar-refractivity contribution is 9.10. The van der Waals surface area contributed by atoms with Gasteiger partial charge in [0, 0.05) is 25.3 Å². The Bertz CT molecular complexity index is 741. The molecule has 0 saturated carbocycles. The second-order valence-corrected chi connectivity index (χ2v) is 6.58. The fourth-order valence-corrected chi connectivity index (χ4v) is 4.02. The molecule has 96 valence electrons. The summed E-state index contributed by atoms with van der Waals surface area (Å²) in [6, 6.07) is 9.85. The van der Waals surface area contributed by atoms with Crippen LogP contribution in [0.25, 0.3) is 10.9 Å². The third-order valence-electron chi connectivity index (χ3n) is 2.90. The van der Waals surface area contributed by atoms with Gasteiger partial charge in [0.15, 0.2) is 0 Å². The zero-order valence-electron chi connectivity index (χ0n) is 9.68. The summed E-state index contributed by atoms with van der Waals surface area (Å²) in [5.41, 5.74) is 2.36. The van der Waals surface area contributed by atoms with Crippen LogP contribution in [-0.4, -0.2) is 10.1 Å². The number of para-hydroxylation sites is 1. The average molecular weight is 399 g/mol. The minimum atomic E-state index is -0.736. The van der Waals surface area contributed by atoms with Crippen LogP contribution < -0.4 is 0 Å². The second-order valence-electron chi connectivity index (χ2n) is 4.13. The molecular formula is C14H9Br2NOS. The number of nitrogens with zero attached hydrogens (tertiary/aromatic N) is 1. The van der Waals surface area contributed by atoms with Crippen molar-refractivity contribution in [1.29, 1.82) is 0 Å². The summed E-state index contributed by atoms with van der Waals surface area (Å²) in [4.78, 5) is 4.56. The highest BCUT2D eigenvalue weighted by Gasteiger charge is 2.19. The Morgan fingerprint density at radius 1 is 1.11 bits per heavy atom. The summed E-state index contributed by atoms with van der Waals surface area (Å²) in [6.07, 6.45) is -0.736. The van der Waals surface area contributed by atoms with Crippen molar-refractivity contribution in [3.8, 4) is 0 Å². The first-order valence-electron chi connectivity index (χ1n) is 5.61. The lowest BCUT2D eigenvalue weighted by Gasteiger charge is -2.12. The first-order valence-corrected chi connectivity index (χ1v) is 8.14. The third kappa shape index (κ3) is 2.48. The molecule has 2 nitrogen and oxygen atoms in total. The van der Waals surface area contributed by atoms with Gasteiger partial charge in [-0.05, 0) is 49.4 Å². The first-order chi connectivity index (χ1) is 9.16. The summed E-state index contributed by atoms with van der Waals surface area (Å²) in [5.74, 6) is 0. The van der Waals surface area contributed by atoms with Gasteiger partial charge in [0.05, 0.1) is 11.2 Å². The minimum Gasteiger partial charge on any atom is -0.382 e. The molecule has 0 aliphatic heterocycles. The monoisotopic (exact) mass is 397 g/mol. The van der Waals surface area contributed by atoms with Crippen molar-refractivity contribution in [3.63, 3.8) is 0 Å². The quantitative estimate of drug-likeness (QED) is 0.665. The SMILES string of the molecule is OC(c1cscc1Br)c1nc2ccccc2cc1Br. The molecule has 0 saturated heterocycles. The predicted molar refractivity (Wildman–Crippen MR) is 85.5 cm³/mol. The van der Waals surface area contributed by atoms with E-state index in [0.29, 0.717) is 5.69 Å². The van der Waals surface area contributed by atoms with Crippen LogP contribution in [0.2, 0.25) is 0 Å². The molecule has 2 heterocycles. The van der Waals surface area contributed by atoms with Crippen molar-refractivity contribution in [1.82, 2.24) is 4.98 Å². The van der Waals surface area contributed by atoms with E-state index in [1.54, 1.807) is 11.3 Å². The molecule has 19 heavy (non-hydrogen) atoms. The first kappa shape index (κ1) is 13.2. The van der Waals surface area contributed by atoms with E-state index in [0.717, 1.165) is 25.4 Å². The lowest BCUT2D eigenvalue weighted by molar-refractivity contribution is 0.214. The van der Waals surface area contributed by atoms with Crippen LogP contribution in [0.5, 0.6) is 0 Å². The fourth-order valence-electron chi connectivity index (χ4n) is 1.93. The number of thiophene rings is 1. The van der Waals surface area contributed by atoms with Crippen LogP contribution in [-0.2, 0) is 0 Å². The molecule has 3 rings (SSSR count). The maximum Gasteiger partial charge on any atom is 0.124 e. The van der Waals surface area contributed by atoms with Crippen molar-refractivity contribution in [3.05, 3.63) is 61.3 Å². The Kier molecular flexibility index (Phi) is 3.71. The summed E-state index contributed by atoms with van der Waals surface area (Å²) in [7, 11) is 0. The van der Waals surface area contributed by atoms with Crippen LogP contribution in [0.15, 0.2) is 50.0 Å². The number of aliphatic hydroxyl groups is 1. The van der Waals surface area contributed by atoms with Gasteiger partial charge in [-0.15, -0.1) is 0 Å². The molecular weight excluding hydrogens is 390 g/mol. The smallest absolute Gasteiger partial charge is 0.124 e.